The van der Waals surface area contributed by atoms with Gasteiger partial charge in [-0.25, -0.2) is 0 Å². The van der Waals surface area contributed by atoms with Crippen LogP contribution in [0, 0.1) is 17.8 Å². The zero-order chi connectivity index (χ0) is 8.32. The molecule has 0 aromatic heterocycles. The van der Waals surface area contributed by atoms with Gasteiger partial charge in [-0.2, -0.15) is 0 Å². The zero-order valence-corrected chi connectivity index (χ0v) is 7.02. The molecule has 1 rings (SSSR count). The fourth-order valence-corrected chi connectivity index (χ4v) is 1.65. The third-order valence-electron chi connectivity index (χ3n) is 2.55. The molecule has 0 unspecified atom stereocenters. The first-order valence-corrected chi connectivity index (χ1v) is 4.16. The van der Waals surface area contributed by atoms with Gasteiger partial charge in [0.1, 0.15) is 5.78 Å². The maximum atomic E-state index is 11.4. The fraction of sp³-hybridized carbons (Fsp3) is 0.700. The monoisotopic (exact) mass is 150 g/mol. The Morgan fingerprint density at radius 1 is 1.64 bits per heavy atom. The van der Waals surface area contributed by atoms with Crippen LogP contribution in [0.1, 0.15) is 39.0 Å². The Morgan fingerprint density at radius 2 is 2.36 bits per heavy atom. The van der Waals surface area contributed by atoms with E-state index in [4.69, 9.17) is 6.42 Å². The van der Waals surface area contributed by atoms with Crippen molar-refractivity contribution in [2.45, 2.75) is 39.0 Å². The molecule has 1 heteroatoms. The summed E-state index contributed by atoms with van der Waals surface area (Å²) >= 11 is 0. The number of ketones is 1. The van der Waals surface area contributed by atoms with Crippen LogP contribution in [-0.4, -0.2) is 5.78 Å². The Kier molecular flexibility index (Phi) is 2.34. The van der Waals surface area contributed by atoms with Gasteiger partial charge in [-0.05, 0) is 12.8 Å². The number of hydrogen-bond acceptors (Lipinski definition) is 1. The molecule has 0 heterocycles. The summed E-state index contributed by atoms with van der Waals surface area (Å²) in [5.41, 5.74) is -0.188. The van der Waals surface area contributed by atoms with Crippen LogP contribution in [0.25, 0.3) is 0 Å². The predicted octanol–water partition coefficient (Wildman–Crippen LogP) is 2.16. The minimum absolute atomic E-state index is 0.188. The molecule has 0 aromatic rings. The van der Waals surface area contributed by atoms with Gasteiger partial charge >= 0.3 is 0 Å². The highest BCUT2D eigenvalue weighted by Crippen LogP contribution is 2.35. The number of rotatable bonds is 1. The summed E-state index contributed by atoms with van der Waals surface area (Å²) < 4.78 is 0. The molecular weight excluding hydrogens is 136 g/mol. The molecule has 1 aliphatic carbocycles. The van der Waals surface area contributed by atoms with Gasteiger partial charge < -0.3 is 0 Å². The lowest BCUT2D eigenvalue weighted by molar-refractivity contribution is -0.130. The van der Waals surface area contributed by atoms with Gasteiger partial charge in [0, 0.05) is 18.3 Å². The fourth-order valence-electron chi connectivity index (χ4n) is 1.65. The largest absolute Gasteiger partial charge is 0.299 e. The van der Waals surface area contributed by atoms with Gasteiger partial charge in [0.2, 0.25) is 0 Å². The Morgan fingerprint density at radius 3 is 2.91 bits per heavy atom. The molecule has 11 heavy (non-hydrogen) atoms. The minimum atomic E-state index is -0.188. The van der Waals surface area contributed by atoms with Crippen molar-refractivity contribution >= 4 is 5.78 Å². The van der Waals surface area contributed by atoms with Gasteiger partial charge in [-0.3, -0.25) is 4.79 Å². The van der Waals surface area contributed by atoms with Gasteiger partial charge in [0.25, 0.3) is 0 Å². The van der Waals surface area contributed by atoms with Gasteiger partial charge in [0.05, 0.1) is 0 Å². The van der Waals surface area contributed by atoms with E-state index in [1.807, 2.05) is 6.92 Å². The maximum Gasteiger partial charge on any atom is 0.139 e. The molecule has 1 nitrogen and oxygen atoms in total. The lowest BCUT2D eigenvalue weighted by Gasteiger charge is -2.29. The van der Waals surface area contributed by atoms with E-state index < -0.39 is 0 Å². The van der Waals surface area contributed by atoms with Crippen molar-refractivity contribution in [3.8, 4) is 12.3 Å². The number of hydrogen-bond donors (Lipinski definition) is 0. The topological polar surface area (TPSA) is 17.1 Å². The van der Waals surface area contributed by atoms with Crippen LogP contribution in [0.2, 0.25) is 0 Å². The molecule has 0 aromatic carbocycles. The standard InChI is InChI=1S/C10H14O/c1-3-7-10(2)8-5-4-6-9(10)11/h1H,4-8H2,2H3/t10-/m1/s1. The summed E-state index contributed by atoms with van der Waals surface area (Å²) in [5.74, 6) is 2.95. The van der Waals surface area contributed by atoms with E-state index >= 15 is 0 Å². The lowest BCUT2D eigenvalue weighted by atomic mass is 9.73. The van der Waals surface area contributed by atoms with Gasteiger partial charge in [-0.15, -0.1) is 12.3 Å². The first-order chi connectivity index (χ1) is 5.19. The maximum absolute atomic E-state index is 11.4. The molecule has 0 spiro atoms. The van der Waals surface area contributed by atoms with Gasteiger partial charge in [0.15, 0.2) is 0 Å². The molecule has 0 N–H and O–H groups in total. The summed E-state index contributed by atoms with van der Waals surface area (Å²) in [6.45, 7) is 1.99. The first-order valence-electron chi connectivity index (χ1n) is 4.16. The summed E-state index contributed by atoms with van der Waals surface area (Å²) in [6, 6.07) is 0. The molecular formula is C10H14O. The SMILES string of the molecule is C#CC[C@]1(C)CCCCC1=O. The zero-order valence-electron chi connectivity index (χ0n) is 7.02. The average molecular weight is 150 g/mol. The Labute approximate surface area is 68.2 Å². The molecule has 1 fully saturated rings. The highest BCUT2D eigenvalue weighted by atomic mass is 16.1. The summed E-state index contributed by atoms with van der Waals surface area (Å²) in [6.07, 6.45) is 9.75. The quantitative estimate of drug-likeness (QED) is 0.523. The molecule has 0 amide bonds. The molecule has 1 atom stereocenters. The molecule has 0 bridgehead atoms. The molecule has 0 aliphatic heterocycles. The third kappa shape index (κ3) is 1.63. The van der Waals surface area contributed by atoms with Crippen molar-refractivity contribution in [1.29, 1.82) is 0 Å². The van der Waals surface area contributed by atoms with Crippen LogP contribution >= 0.6 is 0 Å². The van der Waals surface area contributed by atoms with E-state index in [-0.39, 0.29) is 5.41 Å². The van der Waals surface area contributed by atoms with Crippen LogP contribution in [0.4, 0.5) is 0 Å². The molecule has 1 aliphatic rings. The average Bonchev–Trinajstić information content (AvgIpc) is 1.96. The number of Topliss-reactive ketones (excluding diaryl/α,β-unsaturated/α-hetero) is 1. The lowest BCUT2D eigenvalue weighted by Crippen LogP contribution is -2.30. The summed E-state index contributed by atoms with van der Waals surface area (Å²) in [4.78, 5) is 11.4. The third-order valence-corrected chi connectivity index (χ3v) is 2.55. The highest BCUT2D eigenvalue weighted by molar-refractivity contribution is 5.85. The number of carbonyl (C=O) groups is 1. The van der Waals surface area contributed by atoms with E-state index in [9.17, 15) is 4.79 Å². The van der Waals surface area contributed by atoms with E-state index in [2.05, 4.69) is 5.92 Å². The highest BCUT2D eigenvalue weighted by Gasteiger charge is 2.33. The number of carbonyl (C=O) groups excluding carboxylic acids is 1. The van der Waals surface area contributed by atoms with E-state index in [0.29, 0.717) is 12.2 Å². The van der Waals surface area contributed by atoms with Crippen LogP contribution in [0.5, 0.6) is 0 Å². The molecule has 60 valence electrons. The Hall–Kier alpha value is -0.770. The smallest absolute Gasteiger partial charge is 0.139 e. The summed E-state index contributed by atoms with van der Waals surface area (Å²) in [5, 5.41) is 0. The van der Waals surface area contributed by atoms with Crippen molar-refractivity contribution < 1.29 is 4.79 Å². The second-order valence-corrected chi connectivity index (χ2v) is 3.57. The van der Waals surface area contributed by atoms with Crippen LogP contribution in [0.3, 0.4) is 0 Å². The van der Waals surface area contributed by atoms with Crippen molar-refractivity contribution in [1.82, 2.24) is 0 Å². The van der Waals surface area contributed by atoms with E-state index in [1.165, 1.54) is 0 Å². The predicted molar refractivity (Wildman–Crippen MR) is 45.0 cm³/mol. The Balaban J connectivity index is 2.66. The molecule has 1 saturated carbocycles. The van der Waals surface area contributed by atoms with Crippen molar-refractivity contribution in [2.24, 2.45) is 5.41 Å². The van der Waals surface area contributed by atoms with Crippen molar-refractivity contribution in [2.75, 3.05) is 0 Å². The van der Waals surface area contributed by atoms with Gasteiger partial charge in [-0.1, -0.05) is 13.3 Å². The van der Waals surface area contributed by atoms with Crippen LogP contribution in [-0.2, 0) is 4.79 Å². The van der Waals surface area contributed by atoms with Crippen LogP contribution < -0.4 is 0 Å². The van der Waals surface area contributed by atoms with E-state index in [0.717, 1.165) is 25.7 Å². The summed E-state index contributed by atoms with van der Waals surface area (Å²) in [7, 11) is 0. The second-order valence-electron chi connectivity index (χ2n) is 3.57. The molecule has 0 saturated heterocycles. The second kappa shape index (κ2) is 3.09. The van der Waals surface area contributed by atoms with Crippen molar-refractivity contribution in [3.05, 3.63) is 0 Å². The minimum Gasteiger partial charge on any atom is -0.299 e. The first kappa shape index (κ1) is 8.33. The number of terminal acetylenes is 1. The Bertz CT molecular complexity index is 199. The van der Waals surface area contributed by atoms with Crippen LogP contribution in [0.15, 0.2) is 0 Å². The van der Waals surface area contributed by atoms with Crippen molar-refractivity contribution in [3.63, 3.8) is 0 Å². The normalized spacial score (nSPS) is 31.5. The molecule has 0 radical (unpaired) electrons. The van der Waals surface area contributed by atoms with E-state index in [1.54, 1.807) is 0 Å².